The van der Waals surface area contributed by atoms with Crippen LogP contribution in [-0.2, 0) is 6.61 Å². The van der Waals surface area contributed by atoms with E-state index in [4.69, 9.17) is 9.26 Å². The molecule has 27 heavy (non-hydrogen) atoms. The number of hydrogen-bond acceptors (Lipinski definition) is 6. The summed E-state index contributed by atoms with van der Waals surface area (Å²) in [5.74, 6) is 1.18. The lowest BCUT2D eigenvalue weighted by Gasteiger charge is -2.31. The Balaban J connectivity index is 1.43. The Morgan fingerprint density at radius 2 is 2.30 bits per heavy atom. The summed E-state index contributed by atoms with van der Waals surface area (Å²) in [6.45, 7) is 1.51. The predicted octanol–water partition coefficient (Wildman–Crippen LogP) is 2.65. The molecule has 1 N–H and O–H groups in total. The van der Waals surface area contributed by atoms with Crippen molar-refractivity contribution < 1.29 is 19.2 Å². The number of piperidine rings is 1. The average molecular weight is 367 g/mol. The number of ether oxygens (including phenoxy) is 1. The van der Waals surface area contributed by atoms with Crippen LogP contribution in [-0.4, -0.2) is 45.8 Å². The van der Waals surface area contributed by atoms with E-state index in [9.17, 15) is 9.90 Å². The molecular formula is C20H21N3O4. The van der Waals surface area contributed by atoms with Gasteiger partial charge in [-0.15, -0.1) is 0 Å². The largest absolute Gasteiger partial charge is 0.485 e. The lowest BCUT2D eigenvalue weighted by Crippen LogP contribution is -2.41. The van der Waals surface area contributed by atoms with Gasteiger partial charge in [0.2, 0.25) is 0 Å². The third kappa shape index (κ3) is 3.78. The van der Waals surface area contributed by atoms with Crippen LogP contribution in [0.3, 0.4) is 0 Å². The Kier molecular flexibility index (Phi) is 5.02. The molecule has 1 aliphatic rings. The van der Waals surface area contributed by atoms with Gasteiger partial charge >= 0.3 is 0 Å². The number of carbonyl (C=O) groups excluding carboxylic acids is 1. The molecule has 0 bridgehead atoms. The maximum absolute atomic E-state index is 12.6. The Bertz CT molecular complexity index is 934. The minimum atomic E-state index is -0.167. The van der Waals surface area contributed by atoms with E-state index in [-0.39, 0.29) is 30.7 Å². The van der Waals surface area contributed by atoms with Gasteiger partial charge in [-0.25, -0.2) is 0 Å². The van der Waals surface area contributed by atoms with Gasteiger partial charge in [-0.3, -0.25) is 9.78 Å². The van der Waals surface area contributed by atoms with E-state index < -0.39 is 0 Å². The molecular weight excluding hydrogens is 346 g/mol. The quantitative estimate of drug-likeness (QED) is 0.746. The van der Waals surface area contributed by atoms with Crippen molar-refractivity contribution in [2.24, 2.45) is 5.92 Å². The van der Waals surface area contributed by atoms with E-state index in [0.29, 0.717) is 18.8 Å². The van der Waals surface area contributed by atoms with Crippen molar-refractivity contribution >= 4 is 16.7 Å². The minimum absolute atomic E-state index is 0.0994. The highest BCUT2D eigenvalue weighted by Crippen LogP contribution is 2.25. The van der Waals surface area contributed by atoms with Crippen molar-refractivity contribution in [2.75, 3.05) is 19.7 Å². The van der Waals surface area contributed by atoms with Gasteiger partial charge in [-0.1, -0.05) is 17.3 Å². The van der Waals surface area contributed by atoms with Gasteiger partial charge in [0.25, 0.3) is 5.91 Å². The van der Waals surface area contributed by atoms with Gasteiger partial charge in [0.1, 0.15) is 12.4 Å². The molecule has 0 unspecified atom stereocenters. The molecule has 3 heterocycles. The SMILES string of the molecule is O=C(c1cc(COc2cccc3cnccc23)on1)N1CCC[C@H](CO)C1. The molecule has 1 saturated heterocycles. The zero-order valence-corrected chi connectivity index (χ0v) is 14.9. The second kappa shape index (κ2) is 7.75. The highest BCUT2D eigenvalue weighted by atomic mass is 16.5. The Labute approximate surface area is 156 Å². The normalized spacial score (nSPS) is 17.2. The van der Waals surface area contributed by atoms with E-state index in [1.807, 2.05) is 24.3 Å². The number of hydrogen-bond donors (Lipinski definition) is 1. The fraction of sp³-hybridized carbons (Fsp3) is 0.350. The number of aliphatic hydroxyl groups is 1. The summed E-state index contributed by atoms with van der Waals surface area (Å²) in [4.78, 5) is 18.4. The second-order valence-corrected chi connectivity index (χ2v) is 6.76. The van der Waals surface area contributed by atoms with Gasteiger partial charge in [0.05, 0.1) is 0 Å². The predicted molar refractivity (Wildman–Crippen MR) is 98.3 cm³/mol. The number of pyridine rings is 1. The van der Waals surface area contributed by atoms with Crippen molar-refractivity contribution in [1.82, 2.24) is 15.0 Å². The minimum Gasteiger partial charge on any atom is -0.485 e. The fourth-order valence-corrected chi connectivity index (χ4v) is 3.41. The van der Waals surface area contributed by atoms with Gasteiger partial charge in [-0.2, -0.15) is 0 Å². The van der Waals surface area contributed by atoms with Gasteiger partial charge in [-0.05, 0) is 30.9 Å². The van der Waals surface area contributed by atoms with E-state index in [1.54, 1.807) is 23.4 Å². The summed E-state index contributed by atoms with van der Waals surface area (Å²) in [6.07, 6.45) is 5.34. The van der Waals surface area contributed by atoms with E-state index in [2.05, 4.69) is 10.1 Å². The molecule has 0 aliphatic carbocycles. The van der Waals surface area contributed by atoms with Gasteiger partial charge < -0.3 is 19.3 Å². The van der Waals surface area contributed by atoms with Crippen LogP contribution in [0.1, 0.15) is 29.1 Å². The number of rotatable bonds is 5. The summed E-state index contributed by atoms with van der Waals surface area (Å²) >= 11 is 0. The molecule has 1 amide bonds. The van der Waals surface area contributed by atoms with Crippen LogP contribution in [0.25, 0.3) is 10.8 Å². The Morgan fingerprint density at radius 3 is 3.19 bits per heavy atom. The molecule has 140 valence electrons. The van der Waals surface area contributed by atoms with Crippen LogP contribution >= 0.6 is 0 Å². The van der Waals surface area contributed by atoms with E-state index in [0.717, 1.165) is 29.4 Å². The summed E-state index contributed by atoms with van der Waals surface area (Å²) < 4.78 is 11.1. The van der Waals surface area contributed by atoms with Crippen molar-refractivity contribution in [2.45, 2.75) is 19.4 Å². The molecule has 0 radical (unpaired) electrons. The summed E-state index contributed by atoms with van der Waals surface area (Å²) in [5.41, 5.74) is 0.273. The fourth-order valence-electron chi connectivity index (χ4n) is 3.41. The number of likely N-dealkylation sites (tertiary alicyclic amines) is 1. The summed E-state index contributed by atoms with van der Waals surface area (Å²) in [6, 6.07) is 9.28. The average Bonchev–Trinajstić information content (AvgIpc) is 3.20. The number of fused-ring (bicyclic) bond motifs is 1. The number of aliphatic hydroxyl groups excluding tert-OH is 1. The molecule has 1 aliphatic heterocycles. The monoisotopic (exact) mass is 367 g/mol. The zero-order chi connectivity index (χ0) is 18.6. The van der Waals surface area contributed by atoms with Gasteiger partial charge in [0.15, 0.2) is 11.5 Å². The smallest absolute Gasteiger partial charge is 0.276 e. The molecule has 4 rings (SSSR count). The van der Waals surface area contributed by atoms with E-state index in [1.165, 1.54) is 0 Å². The summed E-state index contributed by atoms with van der Waals surface area (Å²) in [5, 5.41) is 15.2. The lowest BCUT2D eigenvalue weighted by molar-refractivity contribution is 0.0610. The molecule has 2 aromatic heterocycles. The first-order valence-electron chi connectivity index (χ1n) is 9.06. The summed E-state index contributed by atoms with van der Waals surface area (Å²) in [7, 11) is 0. The number of benzene rings is 1. The van der Waals surface area contributed by atoms with Gasteiger partial charge in [0, 0.05) is 48.9 Å². The number of aromatic nitrogens is 2. The van der Waals surface area contributed by atoms with Crippen LogP contribution in [0.15, 0.2) is 47.2 Å². The van der Waals surface area contributed by atoms with Crippen LogP contribution in [0.5, 0.6) is 5.75 Å². The number of carbonyl (C=O) groups is 1. The number of amides is 1. The van der Waals surface area contributed by atoms with Crippen molar-refractivity contribution in [1.29, 1.82) is 0 Å². The Hall–Kier alpha value is -2.93. The molecule has 1 fully saturated rings. The van der Waals surface area contributed by atoms with E-state index >= 15 is 0 Å². The number of nitrogens with zero attached hydrogens (tertiary/aromatic N) is 3. The Morgan fingerprint density at radius 1 is 1.37 bits per heavy atom. The molecule has 3 aromatic rings. The first-order valence-corrected chi connectivity index (χ1v) is 9.06. The zero-order valence-electron chi connectivity index (χ0n) is 14.9. The molecule has 7 nitrogen and oxygen atoms in total. The van der Waals surface area contributed by atoms with Crippen molar-refractivity contribution in [3.63, 3.8) is 0 Å². The molecule has 0 saturated carbocycles. The highest BCUT2D eigenvalue weighted by molar-refractivity contribution is 5.92. The third-order valence-electron chi connectivity index (χ3n) is 4.85. The molecule has 7 heteroatoms. The lowest BCUT2D eigenvalue weighted by atomic mass is 9.99. The molecule has 1 atom stereocenters. The first kappa shape index (κ1) is 17.5. The molecule has 0 spiro atoms. The van der Waals surface area contributed by atoms with Crippen LogP contribution in [0.4, 0.5) is 0 Å². The van der Waals surface area contributed by atoms with Crippen LogP contribution in [0, 0.1) is 5.92 Å². The third-order valence-corrected chi connectivity index (χ3v) is 4.85. The second-order valence-electron chi connectivity index (χ2n) is 6.76. The van der Waals surface area contributed by atoms with Crippen LogP contribution < -0.4 is 4.74 Å². The van der Waals surface area contributed by atoms with Crippen molar-refractivity contribution in [3.05, 3.63) is 54.2 Å². The first-order chi connectivity index (χ1) is 13.2. The standard InChI is InChI=1S/C20H21N3O4/c24-12-14-3-2-8-23(11-14)20(25)18-9-16(27-22-18)13-26-19-5-1-4-15-10-21-7-6-17(15)19/h1,4-7,9-10,14,24H,2-3,8,11-13H2/t14-/m0/s1. The maximum atomic E-state index is 12.6. The highest BCUT2D eigenvalue weighted by Gasteiger charge is 2.26. The maximum Gasteiger partial charge on any atom is 0.276 e. The van der Waals surface area contributed by atoms with Crippen LogP contribution in [0.2, 0.25) is 0 Å². The molecule has 1 aromatic carbocycles. The topological polar surface area (TPSA) is 88.7 Å². The van der Waals surface area contributed by atoms with Crippen molar-refractivity contribution in [3.8, 4) is 5.75 Å².